The van der Waals surface area contributed by atoms with Gasteiger partial charge in [0.25, 0.3) is 0 Å². The van der Waals surface area contributed by atoms with Crippen molar-refractivity contribution in [2.24, 2.45) is 0 Å². The number of piperidine rings is 1. The monoisotopic (exact) mass is 579 g/mol. The third-order valence-corrected chi connectivity index (χ3v) is 7.39. The van der Waals surface area contributed by atoms with E-state index in [-0.39, 0.29) is 11.7 Å². The molecule has 2 aliphatic heterocycles. The predicted molar refractivity (Wildman–Crippen MR) is 148 cm³/mol. The third kappa shape index (κ3) is 6.11. The van der Waals surface area contributed by atoms with E-state index in [9.17, 15) is 18.0 Å². The molecule has 0 radical (unpaired) electrons. The van der Waals surface area contributed by atoms with E-state index >= 15 is 0 Å². The van der Waals surface area contributed by atoms with Crippen LogP contribution >= 0.6 is 0 Å². The van der Waals surface area contributed by atoms with Crippen molar-refractivity contribution >= 4 is 28.3 Å². The van der Waals surface area contributed by atoms with Crippen molar-refractivity contribution in [2.75, 3.05) is 31.8 Å². The van der Waals surface area contributed by atoms with Gasteiger partial charge in [0.1, 0.15) is 0 Å². The Bertz CT molecular complexity index is 1580. The smallest absolute Gasteiger partial charge is 0.377 e. The SMILES string of the molecule is O=C(ONc1ccc(-c2nc(C3=CCOCC3)c3cnn(C4CCN(Cc5cccnc5)CC4)c3n2)cc1)C(F)(F)F. The van der Waals surface area contributed by atoms with Gasteiger partial charge in [-0.25, -0.2) is 24.9 Å². The number of hydrogen-bond donors (Lipinski definition) is 1. The van der Waals surface area contributed by atoms with Crippen LogP contribution in [0, 0.1) is 0 Å². The van der Waals surface area contributed by atoms with Gasteiger partial charge >= 0.3 is 12.1 Å². The summed E-state index contributed by atoms with van der Waals surface area (Å²) < 4.78 is 44.9. The summed E-state index contributed by atoms with van der Waals surface area (Å²) in [5.41, 5.74) is 6.62. The van der Waals surface area contributed by atoms with E-state index in [2.05, 4.69) is 20.8 Å². The average Bonchev–Trinajstić information content (AvgIpc) is 3.44. The zero-order valence-corrected chi connectivity index (χ0v) is 22.5. The van der Waals surface area contributed by atoms with E-state index in [0.717, 1.165) is 54.8 Å². The molecule has 10 nitrogen and oxygen atoms in total. The molecule has 13 heteroatoms. The Kier molecular flexibility index (Phi) is 7.85. The summed E-state index contributed by atoms with van der Waals surface area (Å²) in [6.45, 7) is 3.78. The van der Waals surface area contributed by atoms with E-state index in [1.165, 1.54) is 17.7 Å². The van der Waals surface area contributed by atoms with Crippen LogP contribution in [0.2, 0.25) is 0 Å². The van der Waals surface area contributed by atoms with Crippen LogP contribution in [0.1, 0.15) is 36.6 Å². The number of aromatic nitrogens is 5. The van der Waals surface area contributed by atoms with Crippen molar-refractivity contribution in [3.05, 3.63) is 72.3 Å². The van der Waals surface area contributed by atoms with E-state index in [1.807, 2.05) is 34.7 Å². The molecule has 1 N–H and O–H groups in total. The maximum atomic E-state index is 12.4. The Labute approximate surface area is 239 Å². The molecule has 0 atom stereocenters. The number of benzene rings is 1. The predicted octanol–water partition coefficient (Wildman–Crippen LogP) is 4.96. The lowest BCUT2D eigenvalue weighted by Gasteiger charge is -2.32. The number of pyridine rings is 1. The Morgan fingerprint density at radius 3 is 2.60 bits per heavy atom. The van der Waals surface area contributed by atoms with Crippen LogP contribution in [-0.2, 0) is 20.9 Å². The summed E-state index contributed by atoms with van der Waals surface area (Å²) in [6.07, 6.45) is 4.97. The van der Waals surface area contributed by atoms with Gasteiger partial charge in [0.05, 0.1) is 42.2 Å². The van der Waals surface area contributed by atoms with Crippen LogP contribution in [0.15, 0.2) is 61.1 Å². The lowest BCUT2D eigenvalue weighted by molar-refractivity contribution is -0.196. The lowest BCUT2D eigenvalue weighted by Crippen LogP contribution is -2.34. The number of alkyl halides is 3. The highest BCUT2D eigenvalue weighted by molar-refractivity contribution is 5.89. The molecule has 2 aliphatic rings. The minimum atomic E-state index is -5.09. The number of nitrogens with one attached hydrogen (secondary N) is 1. The summed E-state index contributed by atoms with van der Waals surface area (Å²) >= 11 is 0. The van der Waals surface area contributed by atoms with Crippen LogP contribution < -0.4 is 5.48 Å². The Morgan fingerprint density at radius 1 is 1.10 bits per heavy atom. The third-order valence-electron chi connectivity index (χ3n) is 7.39. The fourth-order valence-electron chi connectivity index (χ4n) is 5.23. The van der Waals surface area contributed by atoms with Crippen molar-refractivity contribution in [3.8, 4) is 11.4 Å². The summed E-state index contributed by atoms with van der Waals surface area (Å²) in [5, 5.41) is 5.63. The van der Waals surface area contributed by atoms with E-state index < -0.39 is 12.1 Å². The fourth-order valence-corrected chi connectivity index (χ4v) is 5.23. The summed E-state index contributed by atoms with van der Waals surface area (Å²) in [4.78, 5) is 31.6. The largest absolute Gasteiger partial charge is 0.493 e. The van der Waals surface area contributed by atoms with E-state index in [4.69, 9.17) is 19.8 Å². The molecule has 3 aromatic heterocycles. The van der Waals surface area contributed by atoms with Gasteiger partial charge in [-0.2, -0.15) is 18.3 Å². The molecule has 0 bridgehead atoms. The van der Waals surface area contributed by atoms with Crippen molar-refractivity contribution in [2.45, 2.75) is 38.0 Å². The molecule has 0 unspecified atom stereocenters. The van der Waals surface area contributed by atoms with Gasteiger partial charge in [-0.05, 0) is 60.7 Å². The number of ether oxygens (including phenoxy) is 1. The normalized spacial score (nSPS) is 16.8. The van der Waals surface area contributed by atoms with Gasteiger partial charge in [0, 0.05) is 37.6 Å². The minimum Gasteiger partial charge on any atom is -0.377 e. The number of rotatable bonds is 7. The number of fused-ring (bicyclic) bond motifs is 1. The minimum absolute atomic E-state index is 0.168. The molecule has 1 saturated heterocycles. The van der Waals surface area contributed by atoms with Crippen molar-refractivity contribution in [3.63, 3.8) is 0 Å². The van der Waals surface area contributed by atoms with Crippen LogP contribution in [0.5, 0.6) is 0 Å². The molecule has 5 heterocycles. The molecular weight excluding hydrogens is 551 g/mol. The first kappa shape index (κ1) is 27.8. The molecule has 0 spiro atoms. The first-order chi connectivity index (χ1) is 20.3. The second-order valence-electron chi connectivity index (χ2n) is 10.2. The molecule has 0 amide bonds. The summed E-state index contributed by atoms with van der Waals surface area (Å²) in [7, 11) is 0. The molecule has 6 rings (SSSR count). The molecular formula is C29H28F3N7O3. The maximum absolute atomic E-state index is 12.4. The quantitative estimate of drug-likeness (QED) is 0.304. The molecule has 42 heavy (non-hydrogen) atoms. The first-order valence-electron chi connectivity index (χ1n) is 13.6. The Morgan fingerprint density at radius 2 is 1.90 bits per heavy atom. The number of carbonyl (C=O) groups excluding carboxylic acids is 1. The average molecular weight is 580 g/mol. The van der Waals surface area contributed by atoms with Gasteiger partial charge in [-0.3, -0.25) is 9.88 Å². The van der Waals surface area contributed by atoms with Crippen LogP contribution in [0.4, 0.5) is 18.9 Å². The fraction of sp³-hybridized carbons (Fsp3) is 0.345. The van der Waals surface area contributed by atoms with Gasteiger partial charge in [0.2, 0.25) is 0 Å². The number of nitrogens with zero attached hydrogens (tertiary/aromatic N) is 6. The molecule has 1 fully saturated rings. The standard InChI is InChI=1S/C29H28F3N7O3/c30-29(31,32)28(40)42-37-22-5-3-21(4-6-22)26-35-25(20-9-14-41-15-10-20)24-17-34-39(27(24)36-26)23-7-12-38(13-8-23)18-19-2-1-11-33-16-19/h1-6,9,11,16-17,23,37H,7-8,10,12-15,18H2. The number of likely N-dealkylation sites (tertiary alicyclic amines) is 1. The highest BCUT2D eigenvalue weighted by atomic mass is 19.4. The molecule has 0 saturated carbocycles. The molecule has 4 aromatic rings. The first-order valence-corrected chi connectivity index (χ1v) is 13.6. The van der Waals surface area contributed by atoms with Gasteiger partial charge < -0.3 is 9.57 Å². The zero-order valence-electron chi connectivity index (χ0n) is 22.5. The van der Waals surface area contributed by atoms with Crippen molar-refractivity contribution in [1.82, 2.24) is 29.6 Å². The highest BCUT2D eigenvalue weighted by Crippen LogP contribution is 2.33. The van der Waals surface area contributed by atoms with Gasteiger partial charge in [-0.1, -0.05) is 12.1 Å². The second kappa shape index (κ2) is 11.9. The van der Waals surface area contributed by atoms with Crippen molar-refractivity contribution in [1.29, 1.82) is 0 Å². The lowest BCUT2D eigenvalue weighted by atomic mass is 10.0. The second-order valence-corrected chi connectivity index (χ2v) is 10.2. The molecule has 1 aromatic carbocycles. The van der Waals surface area contributed by atoms with E-state index in [1.54, 1.807) is 18.3 Å². The van der Waals surface area contributed by atoms with Gasteiger partial charge in [-0.15, -0.1) is 0 Å². The zero-order chi connectivity index (χ0) is 29.1. The molecule has 218 valence electrons. The topological polar surface area (TPSA) is 107 Å². The van der Waals surface area contributed by atoms with E-state index in [0.29, 0.717) is 31.0 Å². The Hall–Kier alpha value is -4.36. The summed E-state index contributed by atoms with van der Waals surface area (Å²) in [5.74, 6) is -1.87. The van der Waals surface area contributed by atoms with Crippen LogP contribution in [0.3, 0.4) is 0 Å². The number of anilines is 1. The van der Waals surface area contributed by atoms with Gasteiger partial charge in [0.15, 0.2) is 11.5 Å². The highest BCUT2D eigenvalue weighted by Gasteiger charge is 2.41. The maximum Gasteiger partial charge on any atom is 0.493 e. The number of halogens is 3. The Balaban J connectivity index is 1.26. The van der Waals surface area contributed by atoms with Crippen LogP contribution in [-0.4, -0.2) is 68.1 Å². The number of carbonyl (C=O) groups is 1. The number of hydrogen-bond acceptors (Lipinski definition) is 9. The van der Waals surface area contributed by atoms with Crippen LogP contribution in [0.25, 0.3) is 28.0 Å². The molecule has 0 aliphatic carbocycles. The summed E-state index contributed by atoms with van der Waals surface area (Å²) in [6, 6.07) is 10.5. The van der Waals surface area contributed by atoms with Crippen molar-refractivity contribution < 1.29 is 27.5 Å².